The predicted molar refractivity (Wildman–Crippen MR) is 85.8 cm³/mol. The minimum absolute atomic E-state index is 0.112. The zero-order valence-corrected chi connectivity index (χ0v) is 13.6. The topological polar surface area (TPSA) is 104 Å². The van der Waals surface area contributed by atoms with Crippen LogP contribution in [0.3, 0.4) is 0 Å². The van der Waals surface area contributed by atoms with Gasteiger partial charge in [-0.15, -0.1) is 10.2 Å². The number of carbonyl (C=O) groups excluding carboxylic acids is 1. The van der Waals surface area contributed by atoms with Crippen LogP contribution in [0.2, 0.25) is 0 Å². The number of rotatable bonds is 5. The summed E-state index contributed by atoms with van der Waals surface area (Å²) < 4.78 is 3.93. The molecule has 2 aromatic heterocycles. The molecule has 0 radical (unpaired) electrons. The number of aryl methyl sites for hydroxylation is 1. The number of nitrogens with zero attached hydrogens (tertiary/aromatic N) is 5. The summed E-state index contributed by atoms with van der Waals surface area (Å²) in [5.74, 6) is 1.85. The molecule has 1 amide bonds. The summed E-state index contributed by atoms with van der Waals surface area (Å²) >= 11 is 0. The van der Waals surface area contributed by atoms with Gasteiger partial charge >= 0.3 is 0 Å². The molecule has 8 nitrogen and oxygen atoms in total. The second-order valence-corrected chi connectivity index (χ2v) is 6.61. The lowest BCUT2D eigenvalue weighted by Crippen LogP contribution is -2.37. The minimum atomic E-state index is -0.603. The Morgan fingerprint density at radius 3 is 3.00 bits per heavy atom. The second kappa shape index (κ2) is 6.11. The first kappa shape index (κ1) is 15.7. The summed E-state index contributed by atoms with van der Waals surface area (Å²) in [7, 11) is 0. The van der Waals surface area contributed by atoms with Gasteiger partial charge < -0.3 is 15.6 Å². The van der Waals surface area contributed by atoms with E-state index in [0.29, 0.717) is 18.8 Å². The van der Waals surface area contributed by atoms with Gasteiger partial charge in [-0.3, -0.25) is 9.48 Å². The fourth-order valence-corrected chi connectivity index (χ4v) is 2.54. The van der Waals surface area contributed by atoms with Crippen LogP contribution in [0.4, 0.5) is 5.69 Å². The van der Waals surface area contributed by atoms with E-state index < -0.39 is 5.41 Å². The van der Waals surface area contributed by atoms with E-state index in [2.05, 4.69) is 25.2 Å². The van der Waals surface area contributed by atoms with E-state index in [9.17, 15) is 4.79 Å². The van der Waals surface area contributed by atoms with E-state index >= 15 is 0 Å². The zero-order valence-electron chi connectivity index (χ0n) is 13.6. The highest BCUT2D eigenvalue weighted by molar-refractivity contribution is 5.94. The van der Waals surface area contributed by atoms with Crippen LogP contribution in [0.5, 0.6) is 0 Å². The van der Waals surface area contributed by atoms with E-state index in [1.165, 1.54) is 6.42 Å². The lowest BCUT2D eigenvalue weighted by atomic mass is 9.93. The van der Waals surface area contributed by atoms with E-state index in [1.54, 1.807) is 17.1 Å². The van der Waals surface area contributed by atoms with Gasteiger partial charge in [0.15, 0.2) is 5.82 Å². The van der Waals surface area contributed by atoms with Crippen LogP contribution in [0.25, 0.3) is 0 Å². The van der Waals surface area contributed by atoms with Crippen molar-refractivity contribution in [1.29, 1.82) is 0 Å². The van der Waals surface area contributed by atoms with Crippen LogP contribution in [-0.2, 0) is 24.3 Å². The van der Waals surface area contributed by atoms with Crippen molar-refractivity contribution < 1.29 is 4.79 Å². The summed E-state index contributed by atoms with van der Waals surface area (Å²) in [6, 6.07) is 0. The Balaban J connectivity index is 1.68. The largest absolute Gasteiger partial charge is 0.329 e. The van der Waals surface area contributed by atoms with Gasteiger partial charge in [0.2, 0.25) is 5.91 Å². The molecule has 0 fully saturated rings. The third kappa shape index (κ3) is 3.26. The molecule has 124 valence electrons. The number of fused-ring (bicyclic) bond motifs is 1. The Hall–Kier alpha value is -2.22. The highest BCUT2D eigenvalue weighted by Crippen LogP contribution is 2.18. The lowest BCUT2D eigenvalue weighted by molar-refractivity contribution is -0.123. The maximum Gasteiger partial charge on any atom is 0.231 e. The van der Waals surface area contributed by atoms with Gasteiger partial charge in [-0.25, -0.2) is 0 Å². The van der Waals surface area contributed by atoms with Crippen molar-refractivity contribution in [2.24, 2.45) is 11.1 Å². The summed E-state index contributed by atoms with van der Waals surface area (Å²) in [6.45, 7) is 5.43. The molecule has 3 heterocycles. The van der Waals surface area contributed by atoms with Crippen molar-refractivity contribution in [3.8, 4) is 0 Å². The van der Waals surface area contributed by atoms with Gasteiger partial charge in [-0.1, -0.05) is 0 Å². The molecule has 0 atom stereocenters. The van der Waals surface area contributed by atoms with Crippen LogP contribution in [0.15, 0.2) is 12.4 Å². The van der Waals surface area contributed by atoms with Crippen LogP contribution in [-0.4, -0.2) is 37.0 Å². The third-order valence-electron chi connectivity index (χ3n) is 4.26. The summed E-state index contributed by atoms with van der Waals surface area (Å²) in [4.78, 5) is 12.1. The maximum atomic E-state index is 12.1. The average Bonchev–Trinajstić information content (AvgIpc) is 3.15. The first-order valence-corrected chi connectivity index (χ1v) is 7.94. The predicted octanol–water partition coefficient (Wildman–Crippen LogP) is 0.783. The number of nitrogens with two attached hydrogens (primary N) is 1. The van der Waals surface area contributed by atoms with Crippen molar-refractivity contribution in [2.45, 2.75) is 46.2 Å². The molecule has 3 rings (SSSR count). The number of anilines is 1. The Labute approximate surface area is 135 Å². The van der Waals surface area contributed by atoms with E-state index in [0.717, 1.165) is 31.0 Å². The second-order valence-electron chi connectivity index (χ2n) is 6.61. The number of nitrogens with one attached hydrogen (secondary N) is 1. The van der Waals surface area contributed by atoms with Gasteiger partial charge in [0.25, 0.3) is 0 Å². The molecule has 23 heavy (non-hydrogen) atoms. The fourth-order valence-electron chi connectivity index (χ4n) is 2.54. The van der Waals surface area contributed by atoms with Crippen LogP contribution < -0.4 is 11.1 Å². The van der Waals surface area contributed by atoms with E-state index in [-0.39, 0.29) is 5.91 Å². The average molecular weight is 317 g/mol. The number of amides is 1. The van der Waals surface area contributed by atoms with Crippen molar-refractivity contribution in [3.63, 3.8) is 0 Å². The standard InChI is InChI=1S/C15H23N7O/c1-15(2,10-16)14(23)18-11-7-17-21(8-11)9-13-20-19-12-5-3-4-6-22(12)13/h7-8H,3-6,9-10,16H2,1-2H3,(H,18,23). The number of hydrogen-bond donors (Lipinski definition) is 2. The Morgan fingerprint density at radius 2 is 2.22 bits per heavy atom. The molecular formula is C15H23N7O. The lowest BCUT2D eigenvalue weighted by Gasteiger charge is -2.20. The summed E-state index contributed by atoms with van der Waals surface area (Å²) in [5, 5.41) is 15.6. The highest BCUT2D eigenvalue weighted by atomic mass is 16.2. The Kier molecular flexibility index (Phi) is 4.16. The number of hydrogen-bond acceptors (Lipinski definition) is 5. The Bertz CT molecular complexity index is 700. The summed E-state index contributed by atoms with van der Waals surface area (Å²) in [5.41, 5.74) is 5.68. The van der Waals surface area contributed by atoms with Crippen LogP contribution in [0, 0.1) is 5.41 Å². The third-order valence-corrected chi connectivity index (χ3v) is 4.26. The van der Waals surface area contributed by atoms with Crippen molar-refractivity contribution in [1.82, 2.24) is 24.5 Å². The monoisotopic (exact) mass is 317 g/mol. The molecule has 8 heteroatoms. The molecule has 0 saturated carbocycles. The first-order chi connectivity index (χ1) is 11.0. The summed E-state index contributed by atoms with van der Waals surface area (Å²) in [6.07, 6.45) is 6.76. The molecule has 3 N–H and O–H groups in total. The molecule has 0 bridgehead atoms. The van der Waals surface area contributed by atoms with Gasteiger partial charge in [0, 0.05) is 25.7 Å². The maximum absolute atomic E-state index is 12.1. The molecule has 2 aromatic rings. The molecule has 0 spiro atoms. The molecule has 0 aliphatic carbocycles. The van der Waals surface area contributed by atoms with Gasteiger partial charge in [0.1, 0.15) is 12.4 Å². The minimum Gasteiger partial charge on any atom is -0.329 e. The molecule has 1 aliphatic heterocycles. The molecule has 0 unspecified atom stereocenters. The molecule has 0 aromatic carbocycles. The zero-order chi connectivity index (χ0) is 16.4. The SMILES string of the molecule is CC(C)(CN)C(=O)Nc1cnn(Cc2nnc3n2CCCC3)c1. The van der Waals surface area contributed by atoms with E-state index in [4.69, 9.17) is 5.73 Å². The quantitative estimate of drug-likeness (QED) is 0.848. The normalized spacial score (nSPS) is 14.6. The molecular weight excluding hydrogens is 294 g/mol. The van der Waals surface area contributed by atoms with Gasteiger partial charge in [0.05, 0.1) is 17.3 Å². The first-order valence-electron chi connectivity index (χ1n) is 7.94. The van der Waals surface area contributed by atoms with Crippen molar-refractivity contribution in [2.75, 3.05) is 11.9 Å². The smallest absolute Gasteiger partial charge is 0.231 e. The molecule has 0 saturated heterocycles. The van der Waals surface area contributed by atoms with Crippen LogP contribution >= 0.6 is 0 Å². The van der Waals surface area contributed by atoms with Gasteiger partial charge in [-0.2, -0.15) is 5.10 Å². The van der Waals surface area contributed by atoms with Gasteiger partial charge in [-0.05, 0) is 26.7 Å². The number of aromatic nitrogens is 5. The van der Waals surface area contributed by atoms with Crippen molar-refractivity contribution in [3.05, 3.63) is 24.0 Å². The van der Waals surface area contributed by atoms with Crippen LogP contribution in [0.1, 0.15) is 38.3 Å². The van der Waals surface area contributed by atoms with Crippen molar-refractivity contribution >= 4 is 11.6 Å². The number of carbonyl (C=O) groups is 1. The highest BCUT2D eigenvalue weighted by Gasteiger charge is 2.26. The fraction of sp³-hybridized carbons (Fsp3) is 0.600. The van der Waals surface area contributed by atoms with E-state index in [1.807, 2.05) is 13.8 Å². The Morgan fingerprint density at radius 1 is 1.39 bits per heavy atom. The molecule has 1 aliphatic rings.